The van der Waals surface area contributed by atoms with Crippen molar-refractivity contribution >= 4 is 13.9 Å². The lowest BCUT2D eigenvalue weighted by atomic mass is 10.6. The zero-order chi connectivity index (χ0) is 9.73. The number of nitrogens with zero attached hydrogens (tertiary/aromatic N) is 2. The molecule has 6 heteroatoms. The Morgan fingerprint density at radius 1 is 1.77 bits per heavy atom. The van der Waals surface area contributed by atoms with E-state index in [4.69, 9.17) is 4.52 Å². The Morgan fingerprint density at radius 2 is 2.54 bits per heavy atom. The first-order chi connectivity index (χ1) is 6.14. The molecule has 0 saturated carbocycles. The maximum atomic E-state index is 11.2. The van der Waals surface area contributed by atoms with Crippen LogP contribution in [-0.4, -0.2) is 48.5 Å². The molecule has 1 rings (SSSR count). The van der Waals surface area contributed by atoms with E-state index in [0.29, 0.717) is 6.54 Å². The van der Waals surface area contributed by atoms with Crippen molar-refractivity contribution in [2.45, 2.75) is 6.92 Å². The van der Waals surface area contributed by atoms with Gasteiger partial charge in [0.05, 0.1) is 25.7 Å². The molecule has 1 N–H and O–H groups in total. The highest BCUT2D eigenvalue weighted by molar-refractivity contribution is 7.52. The maximum Gasteiger partial charge on any atom is 0.329 e. The van der Waals surface area contributed by atoms with Gasteiger partial charge in [0.25, 0.3) is 0 Å². The van der Waals surface area contributed by atoms with Gasteiger partial charge in [0.2, 0.25) is 0 Å². The van der Waals surface area contributed by atoms with E-state index in [1.54, 1.807) is 13.3 Å². The minimum absolute atomic E-state index is 0.173. The second kappa shape index (κ2) is 4.74. The highest BCUT2D eigenvalue weighted by atomic mass is 31.2. The molecule has 5 nitrogen and oxygen atoms in total. The Morgan fingerprint density at radius 3 is 3.08 bits per heavy atom. The molecular formula is C7H15N2O3P. The van der Waals surface area contributed by atoms with Gasteiger partial charge in [-0.05, 0) is 6.92 Å². The first-order valence-corrected chi connectivity index (χ1v) is 6.10. The summed E-state index contributed by atoms with van der Waals surface area (Å²) in [5.74, 6) is 0. The number of rotatable bonds is 5. The third-order valence-corrected chi connectivity index (χ3v) is 3.19. The zero-order valence-electron chi connectivity index (χ0n) is 7.72. The summed E-state index contributed by atoms with van der Waals surface area (Å²) in [6, 6.07) is 0. The van der Waals surface area contributed by atoms with Crippen molar-refractivity contribution < 1.29 is 14.0 Å². The SMILES string of the molecule is CCOP(=O)(O)CCN1C=NCC1. The van der Waals surface area contributed by atoms with Crippen molar-refractivity contribution in [1.29, 1.82) is 0 Å². The molecule has 0 radical (unpaired) electrons. The Hall–Kier alpha value is -0.380. The monoisotopic (exact) mass is 206 g/mol. The predicted octanol–water partition coefficient (Wildman–Crippen LogP) is 0.552. The van der Waals surface area contributed by atoms with Gasteiger partial charge in [-0.15, -0.1) is 0 Å². The van der Waals surface area contributed by atoms with Crippen molar-refractivity contribution in [3.05, 3.63) is 0 Å². The Bertz CT molecular complexity index is 232. The topological polar surface area (TPSA) is 62.1 Å². The molecule has 76 valence electrons. The number of hydrogen-bond donors (Lipinski definition) is 1. The molecule has 0 aromatic rings. The van der Waals surface area contributed by atoms with Gasteiger partial charge in [-0.3, -0.25) is 9.56 Å². The molecule has 0 fully saturated rings. The lowest BCUT2D eigenvalue weighted by Gasteiger charge is -2.16. The molecule has 0 aliphatic carbocycles. The highest BCUT2D eigenvalue weighted by Crippen LogP contribution is 2.41. The van der Waals surface area contributed by atoms with Crippen molar-refractivity contribution in [3.63, 3.8) is 0 Å². The Balaban J connectivity index is 2.24. The second-order valence-corrected chi connectivity index (χ2v) is 4.82. The standard InChI is InChI=1S/C7H15N2O3P/c1-2-12-13(10,11)6-5-9-4-3-8-7-9/h7H,2-6H2,1H3,(H,10,11). The fourth-order valence-corrected chi connectivity index (χ4v) is 2.15. The van der Waals surface area contributed by atoms with Crippen LogP contribution in [0.2, 0.25) is 0 Å². The molecule has 0 spiro atoms. The van der Waals surface area contributed by atoms with Gasteiger partial charge >= 0.3 is 7.60 Å². The molecule has 0 amide bonds. The van der Waals surface area contributed by atoms with Gasteiger partial charge in [0, 0.05) is 13.1 Å². The van der Waals surface area contributed by atoms with Crippen LogP contribution in [0.4, 0.5) is 0 Å². The Kier molecular flexibility index (Phi) is 3.90. The van der Waals surface area contributed by atoms with Crippen LogP contribution >= 0.6 is 7.60 Å². The number of hydrogen-bond acceptors (Lipinski definition) is 4. The summed E-state index contributed by atoms with van der Waals surface area (Å²) < 4.78 is 16.0. The van der Waals surface area contributed by atoms with Crippen molar-refractivity contribution in [2.24, 2.45) is 4.99 Å². The van der Waals surface area contributed by atoms with Crippen LogP contribution in [0, 0.1) is 0 Å². The largest absolute Gasteiger partial charge is 0.360 e. The molecule has 13 heavy (non-hydrogen) atoms. The first-order valence-electron chi connectivity index (χ1n) is 4.34. The third-order valence-electron chi connectivity index (χ3n) is 1.76. The van der Waals surface area contributed by atoms with Gasteiger partial charge in [-0.2, -0.15) is 0 Å². The van der Waals surface area contributed by atoms with Gasteiger partial charge in [0.15, 0.2) is 0 Å². The van der Waals surface area contributed by atoms with Gasteiger partial charge < -0.3 is 14.3 Å². The lowest BCUT2D eigenvalue weighted by molar-refractivity contribution is 0.271. The molecule has 0 aromatic carbocycles. The fraction of sp³-hybridized carbons (Fsp3) is 0.857. The first kappa shape index (κ1) is 10.7. The minimum atomic E-state index is -3.35. The molecule has 1 atom stereocenters. The van der Waals surface area contributed by atoms with Gasteiger partial charge in [-0.25, -0.2) is 0 Å². The van der Waals surface area contributed by atoms with Crippen LogP contribution in [0.25, 0.3) is 0 Å². The summed E-state index contributed by atoms with van der Waals surface area (Å²) in [7, 11) is -3.35. The van der Waals surface area contributed by atoms with E-state index >= 15 is 0 Å². The van der Waals surface area contributed by atoms with E-state index in [-0.39, 0.29) is 12.8 Å². The van der Waals surface area contributed by atoms with Crippen LogP contribution in [0.3, 0.4) is 0 Å². The molecule has 0 aromatic heterocycles. The van der Waals surface area contributed by atoms with Crippen LogP contribution < -0.4 is 0 Å². The van der Waals surface area contributed by atoms with Crippen molar-refractivity contribution in [1.82, 2.24) is 4.90 Å². The number of aliphatic imine (C=N–C) groups is 1. The van der Waals surface area contributed by atoms with E-state index in [9.17, 15) is 9.46 Å². The summed E-state index contributed by atoms with van der Waals surface area (Å²) in [4.78, 5) is 15.2. The van der Waals surface area contributed by atoms with E-state index in [2.05, 4.69) is 4.99 Å². The molecule has 1 unspecified atom stereocenters. The summed E-state index contributed by atoms with van der Waals surface area (Å²) >= 11 is 0. The maximum absolute atomic E-state index is 11.2. The van der Waals surface area contributed by atoms with Crippen LogP contribution in [0.15, 0.2) is 4.99 Å². The summed E-state index contributed by atoms with van der Waals surface area (Å²) in [6.45, 7) is 4.15. The lowest BCUT2D eigenvalue weighted by Crippen LogP contribution is -2.23. The highest BCUT2D eigenvalue weighted by Gasteiger charge is 2.19. The van der Waals surface area contributed by atoms with Gasteiger partial charge in [-0.1, -0.05) is 0 Å². The predicted molar refractivity (Wildman–Crippen MR) is 51.3 cm³/mol. The molecule has 0 bridgehead atoms. The molecule has 1 aliphatic rings. The zero-order valence-corrected chi connectivity index (χ0v) is 8.61. The smallest absolute Gasteiger partial charge is 0.329 e. The van der Waals surface area contributed by atoms with E-state index in [0.717, 1.165) is 13.1 Å². The minimum Gasteiger partial charge on any atom is -0.360 e. The molecular weight excluding hydrogens is 191 g/mol. The van der Waals surface area contributed by atoms with E-state index in [1.807, 2.05) is 4.90 Å². The quantitative estimate of drug-likeness (QED) is 0.667. The average Bonchev–Trinajstić information content (AvgIpc) is 2.52. The van der Waals surface area contributed by atoms with E-state index in [1.165, 1.54) is 0 Å². The van der Waals surface area contributed by atoms with Crippen LogP contribution in [0.1, 0.15) is 6.92 Å². The fourth-order valence-electron chi connectivity index (χ4n) is 1.11. The van der Waals surface area contributed by atoms with Crippen molar-refractivity contribution in [2.75, 3.05) is 32.4 Å². The average molecular weight is 206 g/mol. The normalized spacial score (nSPS) is 20.6. The molecule has 0 saturated heterocycles. The summed E-state index contributed by atoms with van der Waals surface area (Å²) in [5.41, 5.74) is 0. The summed E-state index contributed by atoms with van der Waals surface area (Å²) in [5, 5.41) is 0. The van der Waals surface area contributed by atoms with Gasteiger partial charge in [0.1, 0.15) is 0 Å². The molecule has 1 aliphatic heterocycles. The van der Waals surface area contributed by atoms with E-state index < -0.39 is 7.60 Å². The second-order valence-electron chi connectivity index (χ2n) is 2.84. The third kappa shape index (κ3) is 3.89. The Labute approximate surface area is 77.9 Å². The van der Waals surface area contributed by atoms with Crippen LogP contribution in [-0.2, 0) is 9.09 Å². The molecule has 1 heterocycles. The summed E-state index contributed by atoms with van der Waals surface area (Å²) in [6.07, 6.45) is 1.89. The van der Waals surface area contributed by atoms with Crippen molar-refractivity contribution in [3.8, 4) is 0 Å². The van der Waals surface area contributed by atoms with Crippen LogP contribution in [0.5, 0.6) is 0 Å².